The van der Waals surface area contributed by atoms with Crippen LogP contribution in [0.15, 0.2) is 48.5 Å². The molecule has 82 valence electrons. The molecule has 0 aliphatic carbocycles. The zero-order chi connectivity index (χ0) is 12.3. The molecule has 0 fully saturated rings. The van der Waals surface area contributed by atoms with Crippen LogP contribution in [0.25, 0.3) is 11.1 Å². The molecule has 17 heavy (non-hydrogen) atoms. The Morgan fingerprint density at radius 2 is 1.76 bits per heavy atom. The van der Waals surface area contributed by atoms with Gasteiger partial charge in [0, 0.05) is 5.56 Å². The van der Waals surface area contributed by atoms with Crippen molar-refractivity contribution in [3.8, 4) is 23.5 Å². The van der Waals surface area contributed by atoms with Crippen LogP contribution in [-0.2, 0) is 0 Å². The first kappa shape index (κ1) is 11.0. The van der Waals surface area contributed by atoms with Gasteiger partial charge in [-0.25, -0.2) is 0 Å². The van der Waals surface area contributed by atoms with Crippen LogP contribution in [0.2, 0.25) is 0 Å². The minimum atomic E-state index is -0.504. The SMILES string of the molecule is C#Cc1c(C(N)=O)cccc1-c1ccccc1. The highest BCUT2D eigenvalue weighted by Crippen LogP contribution is 2.25. The van der Waals surface area contributed by atoms with Crippen molar-refractivity contribution in [3.05, 3.63) is 59.7 Å². The summed E-state index contributed by atoms with van der Waals surface area (Å²) in [7, 11) is 0. The molecule has 2 rings (SSSR count). The zero-order valence-corrected chi connectivity index (χ0v) is 9.18. The van der Waals surface area contributed by atoms with Crippen molar-refractivity contribution in [1.29, 1.82) is 0 Å². The molecule has 0 aliphatic rings. The van der Waals surface area contributed by atoms with E-state index in [4.69, 9.17) is 12.2 Å². The molecule has 0 aromatic heterocycles. The molecule has 0 unspecified atom stereocenters. The number of benzene rings is 2. The maximum absolute atomic E-state index is 11.3. The lowest BCUT2D eigenvalue weighted by atomic mass is 9.95. The summed E-state index contributed by atoms with van der Waals surface area (Å²) >= 11 is 0. The van der Waals surface area contributed by atoms with Gasteiger partial charge in [0.25, 0.3) is 0 Å². The summed E-state index contributed by atoms with van der Waals surface area (Å²) < 4.78 is 0. The second kappa shape index (κ2) is 4.54. The minimum absolute atomic E-state index is 0.383. The first-order valence-electron chi connectivity index (χ1n) is 5.19. The van der Waals surface area contributed by atoms with Crippen LogP contribution < -0.4 is 5.73 Å². The fourth-order valence-corrected chi connectivity index (χ4v) is 1.77. The lowest BCUT2D eigenvalue weighted by Crippen LogP contribution is -2.13. The highest BCUT2D eigenvalue weighted by Gasteiger charge is 2.11. The van der Waals surface area contributed by atoms with Gasteiger partial charge in [-0.05, 0) is 17.2 Å². The molecule has 2 N–H and O–H groups in total. The van der Waals surface area contributed by atoms with Crippen molar-refractivity contribution < 1.29 is 4.79 Å². The second-order valence-corrected chi connectivity index (χ2v) is 3.60. The standard InChI is InChI=1S/C15H11NO/c1-2-12-13(11-7-4-3-5-8-11)9-6-10-14(12)15(16)17/h1,3-10H,(H2,16,17). The van der Waals surface area contributed by atoms with Crippen LogP contribution in [0, 0.1) is 12.3 Å². The predicted molar refractivity (Wildman–Crippen MR) is 68.3 cm³/mol. The Labute approximate surface area is 100 Å². The van der Waals surface area contributed by atoms with Crippen molar-refractivity contribution in [2.24, 2.45) is 5.73 Å². The Bertz CT molecular complexity index is 594. The van der Waals surface area contributed by atoms with E-state index < -0.39 is 5.91 Å². The van der Waals surface area contributed by atoms with Gasteiger partial charge in [-0.2, -0.15) is 0 Å². The van der Waals surface area contributed by atoms with Crippen LogP contribution in [0.5, 0.6) is 0 Å². The predicted octanol–water partition coefficient (Wildman–Crippen LogP) is 2.43. The maximum atomic E-state index is 11.3. The van der Waals surface area contributed by atoms with Crippen molar-refractivity contribution in [2.45, 2.75) is 0 Å². The van der Waals surface area contributed by atoms with E-state index in [0.717, 1.165) is 11.1 Å². The third-order valence-corrected chi connectivity index (χ3v) is 2.56. The zero-order valence-electron chi connectivity index (χ0n) is 9.18. The fourth-order valence-electron chi connectivity index (χ4n) is 1.77. The van der Waals surface area contributed by atoms with E-state index in [2.05, 4.69) is 5.92 Å². The molecular formula is C15H11NO. The molecule has 2 heteroatoms. The molecule has 0 aliphatic heterocycles. The van der Waals surface area contributed by atoms with E-state index >= 15 is 0 Å². The van der Waals surface area contributed by atoms with Crippen LogP contribution in [0.4, 0.5) is 0 Å². The van der Waals surface area contributed by atoms with Crippen molar-refractivity contribution in [1.82, 2.24) is 0 Å². The summed E-state index contributed by atoms with van der Waals surface area (Å²) in [4.78, 5) is 11.3. The number of primary amides is 1. The van der Waals surface area contributed by atoms with Gasteiger partial charge in [0.15, 0.2) is 0 Å². The van der Waals surface area contributed by atoms with Crippen molar-refractivity contribution in [3.63, 3.8) is 0 Å². The third kappa shape index (κ3) is 2.04. The summed E-state index contributed by atoms with van der Waals surface area (Å²) in [5, 5.41) is 0. The van der Waals surface area contributed by atoms with Gasteiger partial charge in [-0.3, -0.25) is 4.79 Å². The van der Waals surface area contributed by atoms with Gasteiger partial charge in [-0.1, -0.05) is 48.4 Å². The normalized spacial score (nSPS) is 9.59. The van der Waals surface area contributed by atoms with E-state index in [1.807, 2.05) is 36.4 Å². The van der Waals surface area contributed by atoms with Gasteiger partial charge >= 0.3 is 0 Å². The molecule has 0 radical (unpaired) electrons. The molecule has 1 amide bonds. The quantitative estimate of drug-likeness (QED) is 0.777. The van der Waals surface area contributed by atoms with Gasteiger partial charge in [-0.15, -0.1) is 6.42 Å². The second-order valence-electron chi connectivity index (χ2n) is 3.60. The largest absolute Gasteiger partial charge is 0.366 e. The number of rotatable bonds is 2. The molecule has 0 bridgehead atoms. The Balaban J connectivity index is 2.68. The molecule has 2 aromatic carbocycles. The number of carbonyl (C=O) groups excluding carboxylic acids is 1. The van der Waals surface area contributed by atoms with Crippen molar-refractivity contribution >= 4 is 5.91 Å². The van der Waals surface area contributed by atoms with Gasteiger partial charge < -0.3 is 5.73 Å². The van der Waals surface area contributed by atoms with E-state index in [9.17, 15) is 4.79 Å². The van der Waals surface area contributed by atoms with Gasteiger partial charge in [0.05, 0.1) is 5.56 Å². The van der Waals surface area contributed by atoms with Crippen LogP contribution in [0.1, 0.15) is 15.9 Å². The number of carbonyl (C=O) groups is 1. The van der Waals surface area contributed by atoms with Gasteiger partial charge in [0.1, 0.15) is 0 Å². The average Bonchev–Trinajstić information content (AvgIpc) is 2.38. The molecular weight excluding hydrogens is 210 g/mol. The van der Waals surface area contributed by atoms with Crippen molar-refractivity contribution in [2.75, 3.05) is 0 Å². The number of amides is 1. The Hall–Kier alpha value is -2.53. The van der Waals surface area contributed by atoms with E-state index in [0.29, 0.717) is 11.1 Å². The molecule has 0 spiro atoms. The first-order valence-corrected chi connectivity index (χ1v) is 5.19. The Morgan fingerprint density at radius 3 is 2.35 bits per heavy atom. The summed E-state index contributed by atoms with van der Waals surface area (Å²) in [6.45, 7) is 0. The average molecular weight is 221 g/mol. The summed E-state index contributed by atoms with van der Waals surface area (Å²) in [6.07, 6.45) is 5.47. The molecule has 0 saturated carbocycles. The fraction of sp³-hybridized carbons (Fsp3) is 0. The highest BCUT2D eigenvalue weighted by atomic mass is 16.1. The maximum Gasteiger partial charge on any atom is 0.249 e. The minimum Gasteiger partial charge on any atom is -0.366 e. The molecule has 2 nitrogen and oxygen atoms in total. The lowest BCUT2D eigenvalue weighted by molar-refractivity contribution is 0.1000. The summed E-state index contributed by atoms with van der Waals surface area (Å²) in [5.41, 5.74) is 8.06. The molecule has 0 heterocycles. The Morgan fingerprint density at radius 1 is 1.06 bits per heavy atom. The molecule has 2 aromatic rings. The van der Waals surface area contributed by atoms with Gasteiger partial charge in [0.2, 0.25) is 5.91 Å². The number of hydrogen-bond acceptors (Lipinski definition) is 1. The number of hydrogen-bond donors (Lipinski definition) is 1. The van der Waals surface area contributed by atoms with E-state index in [-0.39, 0.29) is 0 Å². The molecule has 0 atom stereocenters. The lowest BCUT2D eigenvalue weighted by Gasteiger charge is -2.08. The summed E-state index contributed by atoms with van der Waals surface area (Å²) in [5.74, 6) is 2.04. The summed E-state index contributed by atoms with van der Waals surface area (Å²) in [6, 6.07) is 15.0. The third-order valence-electron chi connectivity index (χ3n) is 2.56. The monoisotopic (exact) mass is 221 g/mol. The number of terminal acetylenes is 1. The smallest absolute Gasteiger partial charge is 0.249 e. The van der Waals surface area contributed by atoms with E-state index in [1.54, 1.807) is 12.1 Å². The van der Waals surface area contributed by atoms with Crippen LogP contribution in [-0.4, -0.2) is 5.91 Å². The molecule has 0 saturated heterocycles. The topological polar surface area (TPSA) is 43.1 Å². The highest BCUT2D eigenvalue weighted by molar-refractivity contribution is 5.97. The number of nitrogens with two attached hydrogens (primary N) is 1. The Kier molecular flexibility index (Phi) is 2.93. The van der Waals surface area contributed by atoms with Crippen LogP contribution in [0.3, 0.4) is 0 Å². The van der Waals surface area contributed by atoms with E-state index in [1.165, 1.54) is 0 Å². The van der Waals surface area contributed by atoms with Crippen LogP contribution >= 0.6 is 0 Å². The first-order chi connectivity index (χ1) is 8.24.